The maximum Gasteiger partial charge on any atom is 1.00 e. The van der Waals surface area contributed by atoms with E-state index < -0.39 is 5.97 Å². The van der Waals surface area contributed by atoms with Gasteiger partial charge in [-0.1, -0.05) is 17.7 Å². The first-order chi connectivity index (χ1) is 13.5. The van der Waals surface area contributed by atoms with Gasteiger partial charge in [0.15, 0.2) is 11.5 Å². The topological polar surface area (TPSA) is 99.7 Å². The molecule has 0 bridgehead atoms. The second kappa shape index (κ2) is 11.3. The Labute approximate surface area is 196 Å². The summed E-state index contributed by atoms with van der Waals surface area (Å²) in [5, 5.41) is 16.9. The molecule has 29 heavy (non-hydrogen) atoms. The summed E-state index contributed by atoms with van der Waals surface area (Å²) < 4.78 is 10.6. The number of anilines is 1. The number of unbranched alkanes of at least 4 members (excludes halogenated alkanes) is 1. The molecule has 2 N–H and O–H groups in total. The smallest absolute Gasteiger partial charge is 0.550 e. The van der Waals surface area contributed by atoms with Crippen molar-refractivity contribution in [1.82, 2.24) is 5.32 Å². The Bertz CT molecular complexity index is 878. The fraction of sp³-hybridized carbons (Fsp3) is 0.300. The first-order valence-electron chi connectivity index (χ1n) is 8.93. The Balaban J connectivity index is 0.00000300. The number of carbonyl (C=O) groups is 2. The van der Waals surface area contributed by atoms with E-state index in [0.29, 0.717) is 53.7 Å². The molecule has 0 aromatic heterocycles. The summed E-state index contributed by atoms with van der Waals surface area (Å²) in [6, 6.07) is 10.5. The number of carbonyl (C=O) groups excluding carboxylic acids is 2. The maximum atomic E-state index is 12.7. The maximum absolute atomic E-state index is 12.7. The predicted octanol–water partition coefficient (Wildman–Crippen LogP) is -0.665. The molecule has 0 spiro atoms. The normalized spacial score (nSPS) is 11.5. The van der Waals surface area contributed by atoms with Crippen molar-refractivity contribution in [2.75, 3.05) is 18.7 Å². The minimum Gasteiger partial charge on any atom is -0.550 e. The molecular weight excluding hydrogens is 407 g/mol. The minimum atomic E-state index is -1.06. The molecule has 0 saturated carbocycles. The number of benzene rings is 2. The van der Waals surface area contributed by atoms with Gasteiger partial charge in [0.25, 0.3) is 5.91 Å². The number of amides is 1. The van der Waals surface area contributed by atoms with Crippen molar-refractivity contribution in [3.8, 4) is 11.5 Å². The average molecular weight is 427 g/mol. The third-order valence-corrected chi connectivity index (χ3v) is 4.47. The van der Waals surface area contributed by atoms with Crippen LogP contribution in [0.2, 0.25) is 5.02 Å². The number of carboxylic acid groups (broad SMARTS) is 1. The molecule has 148 valence electrons. The predicted molar refractivity (Wildman–Crippen MR) is 103 cm³/mol. The minimum absolute atomic E-state index is 0. The van der Waals surface area contributed by atoms with E-state index in [1.54, 1.807) is 18.2 Å². The molecule has 2 aromatic carbocycles. The number of hydrogen-bond acceptors (Lipinski definition) is 6. The van der Waals surface area contributed by atoms with E-state index in [-0.39, 0.29) is 48.7 Å². The zero-order valence-electron chi connectivity index (χ0n) is 16.1. The summed E-state index contributed by atoms with van der Waals surface area (Å²) in [5.74, 6) is 0.0241. The van der Waals surface area contributed by atoms with Crippen LogP contribution in [-0.2, 0) is 11.3 Å². The van der Waals surface area contributed by atoms with Crippen LogP contribution in [0, 0.1) is 0 Å². The summed E-state index contributed by atoms with van der Waals surface area (Å²) >= 11 is 6.05. The van der Waals surface area contributed by atoms with Crippen LogP contribution in [0.3, 0.4) is 0 Å². The van der Waals surface area contributed by atoms with Crippen LogP contribution in [0.1, 0.15) is 35.2 Å². The monoisotopic (exact) mass is 426 g/mol. The number of hydrogen-bond donors (Lipinski definition) is 2. The van der Waals surface area contributed by atoms with Gasteiger partial charge >= 0.3 is 29.6 Å². The zero-order valence-corrected chi connectivity index (χ0v) is 18.9. The molecule has 0 unspecified atom stereocenters. The van der Waals surface area contributed by atoms with Crippen molar-refractivity contribution in [3.63, 3.8) is 0 Å². The van der Waals surface area contributed by atoms with Gasteiger partial charge in [-0.3, -0.25) is 4.79 Å². The first-order valence-corrected chi connectivity index (χ1v) is 9.31. The number of halogens is 1. The number of nitrogens with one attached hydrogen (secondary N) is 2. The summed E-state index contributed by atoms with van der Waals surface area (Å²) in [7, 11) is 0. The third-order valence-electron chi connectivity index (χ3n) is 4.24. The number of fused-ring (bicyclic) bond motifs is 1. The molecule has 2 aromatic rings. The Kier molecular flexibility index (Phi) is 9.10. The first kappa shape index (κ1) is 23.3. The van der Waals surface area contributed by atoms with Crippen LogP contribution in [0.15, 0.2) is 36.4 Å². The summed E-state index contributed by atoms with van der Waals surface area (Å²) in [4.78, 5) is 23.1. The molecule has 0 aliphatic carbocycles. The average Bonchev–Trinajstić information content (AvgIpc) is 3.14. The van der Waals surface area contributed by atoms with Gasteiger partial charge in [0.05, 0.1) is 5.56 Å². The molecule has 9 heteroatoms. The molecule has 0 fully saturated rings. The summed E-state index contributed by atoms with van der Waals surface area (Å²) in [5.41, 5.74) is 1.95. The Hall–Kier alpha value is -1.93. The second-order valence-electron chi connectivity index (χ2n) is 6.32. The van der Waals surface area contributed by atoms with Crippen molar-refractivity contribution >= 4 is 29.2 Å². The Morgan fingerprint density at radius 1 is 1.07 bits per heavy atom. The van der Waals surface area contributed by atoms with Crippen LogP contribution >= 0.6 is 11.6 Å². The van der Waals surface area contributed by atoms with E-state index in [9.17, 15) is 14.7 Å². The van der Waals surface area contributed by atoms with Crippen LogP contribution in [-0.4, -0.2) is 25.2 Å². The molecule has 0 atom stereocenters. The molecule has 0 radical (unpaired) electrons. The van der Waals surface area contributed by atoms with Crippen LogP contribution < -0.4 is 54.8 Å². The largest absolute Gasteiger partial charge is 1.00 e. The van der Waals surface area contributed by atoms with E-state index in [2.05, 4.69) is 10.6 Å². The molecule has 7 nitrogen and oxygen atoms in total. The summed E-state index contributed by atoms with van der Waals surface area (Å²) in [6.07, 6.45) is 1.18. The standard InChI is InChI=1S/C20H21ClN2O5.Na/c21-14-5-6-16(22-8-2-1-3-19(24)25)15(10-14)20(26)23-11-13-4-7-17-18(9-13)28-12-27-17;/h4-7,9-10,22H,1-3,8,11-12H2,(H,23,26)(H,24,25);/q;+1/p-1. The molecule has 1 amide bonds. The number of ether oxygens (including phenoxy) is 2. The molecule has 1 aliphatic rings. The van der Waals surface area contributed by atoms with E-state index in [1.165, 1.54) is 0 Å². The Morgan fingerprint density at radius 2 is 1.86 bits per heavy atom. The van der Waals surface area contributed by atoms with Gasteiger partial charge in [-0.25, -0.2) is 0 Å². The second-order valence-corrected chi connectivity index (χ2v) is 6.75. The van der Waals surface area contributed by atoms with Crippen LogP contribution in [0.4, 0.5) is 5.69 Å². The fourth-order valence-corrected chi connectivity index (χ4v) is 2.98. The molecule has 1 heterocycles. The van der Waals surface area contributed by atoms with Crippen LogP contribution in [0.5, 0.6) is 11.5 Å². The van der Waals surface area contributed by atoms with Gasteiger partial charge < -0.3 is 30.0 Å². The van der Waals surface area contributed by atoms with Crippen molar-refractivity contribution in [2.24, 2.45) is 0 Å². The van der Waals surface area contributed by atoms with E-state index in [4.69, 9.17) is 21.1 Å². The number of rotatable bonds is 9. The summed E-state index contributed by atoms with van der Waals surface area (Å²) in [6.45, 7) is 1.07. The van der Waals surface area contributed by atoms with Crippen molar-refractivity contribution in [3.05, 3.63) is 52.5 Å². The number of carboxylic acids is 1. The van der Waals surface area contributed by atoms with Gasteiger partial charge in [0, 0.05) is 29.8 Å². The SMILES string of the molecule is O=C([O-])CCCCNc1ccc(Cl)cc1C(=O)NCc1ccc2c(c1)OCO2.[Na+]. The third kappa shape index (κ3) is 6.82. The van der Waals surface area contributed by atoms with Gasteiger partial charge in [-0.05, 0) is 55.2 Å². The van der Waals surface area contributed by atoms with E-state index >= 15 is 0 Å². The van der Waals surface area contributed by atoms with Crippen molar-refractivity contribution in [2.45, 2.75) is 25.8 Å². The van der Waals surface area contributed by atoms with Crippen molar-refractivity contribution < 1.29 is 53.7 Å². The van der Waals surface area contributed by atoms with E-state index in [1.807, 2.05) is 18.2 Å². The van der Waals surface area contributed by atoms with Crippen LogP contribution in [0.25, 0.3) is 0 Å². The Morgan fingerprint density at radius 3 is 2.66 bits per heavy atom. The zero-order chi connectivity index (χ0) is 19.9. The van der Waals surface area contributed by atoms with Gasteiger partial charge in [0.1, 0.15) is 0 Å². The van der Waals surface area contributed by atoms with Crippen molar-refractivity contribution in [1.29, 1.82) is 0 Å². The fourth-order valence-electron chi connectivity index (χ4n) is 2.80. The van der Waals surface area contributed by atoms with Gasteiger partial charge in [-0.15, -0.1) is 0 Å². The molecule has 0 saturated heterocycles. The number of aliphatic carboxylic acids is 1. The quantitative estimate of drug-likeness (QED) is 0.408. The molecular formula is C20H20ClN2NaO5. The molecule has 1 aliphatic heterocycles. The van der Waals surface area contributed by atoms with Gasteiger partial charge in [0.2, 0.25) is 6.79 Å². The van der Waals surface area contributed by atoms with Gasteiger partial charge in [-0.2, -0.15) is 0 Å². The van der Waals surface area contributed by atoms with E-state index in [0.717, 1.165) is 5.56 Å². The molecule has 3 rings (SSSR count).